The molecule has 0 spiro atoms. The maximum atomic E-state index is 11.8. The van der Waals surface area contributed by atoms with Gasteiger partial charge in [-0.15, -0.1) is 0 Å². The van der Waals surface area contributed by atoms with Crippen LogP contribution in [-0.2, 0) is 14.3 Å². The lowest BCUT2D eigenvalue weighted by Gasteiger charge is -2.33. The normalized spacial score (nSPS) is 19.9. The van der Waals surface area contributed by atoms with E-state index in [-0.39, 0.29) is 11.9 Å². The van der Waals surface area contributed by atoms with Crippen LogP contribution in [0.3, 0.4) is 0 Å². The molecule has 19 heavy (non-hydrogen) atoms. The van der Waals surface area contributed by atoms with Gasteiger partial charge in [-0.05, 0) is 13.3 Å². The SMILES string of the molecule is COCCCNC(=O)C(C)NCC1(O)CCOCC1. The molecular weight excluding hydrogens is 248 g/mol. The number of hydrogen-bond donors (Lipinski definition) is 3. The summed E-state index contributed by atoms with van der Waals surface area (Å²) in [5.41, 5.74) is -0.747. The van der Waals surface area contributed by atoms with Crippen LogP contribution in [0.5, 0.6) is 0 Å². The third-order valence-corrected chi connectivity index (χ3v) is 3.38. The van der Waals surface area contributed by atoms with Crippen molar-refractivity contribution in [2.75, 3.05) is 40.0 Å². The highest BCUT2D eigenvalue weighted by Gasteiger charge is 2.30. The van der Waals surface area contributed by atoms with Gasteiger partial charge in [0.15, 0.2) is 0 Å². The summed E-state index contributed by atoms with van der Waals surface area (Å²) in [6, 6.07) is -0.311. The van der Waals surface area contributed by atoms with Crippen molar-refractivity contribution in [1.29, 1.82) is 0 Å². The van der Waals surface area contributed by atoms with Crippen molar-refractivity contribution in [2.24, 2.45) is 0 Å². The number of carbonyl (C=O) groups excluding carboxylic acids is 1. The zero-order valence-corrected chi connectivity index (χ0v) is 11.9. The fourth-order valence-corrected chi connectivity index (χ4v) is 1.95. The molecule has 0 aromatic rings. The summed E-state index contributed by atoms with van der Waals surface area (Å²) in [6.45, 7) is 4.63. The molecule has 6 heteroatoms. The van der Waals surface area contributed by atoms with E-state index in [1.807, 2.05) is 0 Å². The second kappa shape index (κ2) is 8.47. The Morgan fingerprint density at radius 3 is 2.79 bits per heavy atom. The number of rotatable bonds is 8. The summed E-state index contributed by atoms with van der Waals surface area (Å²) in [7, 11) is 1.64. The van der Waals surface area contributed by atoms with Crippen molar-refractivity contribution in [1.82, 2.24) is 10.6 Å². The predicted molar refractivity (Wildman–Crippen MR) is 72.0 cm³/mol. The molecule has 1 amide bonds. The van der Waals surface area contributed by atoms with E-state index in [2.05, 4.69) is 10.6 Å². The Bertz CT molecular complexity index is 267. The van der Waals surface area contributed by atoms with Gasteiger partial charge in [0.2, 0.25) is 5.91 Å². The second-order valence-corrected chi connectivity index (χ2v) is 5.08. The van der Waals surface area contributed by atoms with Gasteiger partial charge in [-0.3, -0.25) is 4.79 Å². The van der Waals surface area contributed by atoms with Gasteiger partial charge < -0.3 is 25.2 Å². The lowest BCUT2D eigenvalue weighted by atomic mass is 9.94. The summed E-state index contributed by atoms with van der Waals surface area (Å²) < 4.78 is 10.1. The van der Waals surface area contributed by atoms with E-state index >= 15 is 0 Å². The zero-order chi connectivity index (χ0) is 14.1. The monoisotopic (exact) mass is 274 g/mol. The standard InChI is InChI=1S/C13H26N2O4/c1-11(12(16)14-6-3-7-18-2)15-10-13(17)4-8-19-9-5-13/h11,15,17H,3-10H2,1-2H3,(H,14,16). The lowest BCUT2D eigenvalue weighted by molar-refractivity contribution is -0.123. The third-order valence-electron chi connectivity index (χ3n) is 3.38. The summed E-state index contributed by atoms with van der Waals surface area (Å²) in [5.74, 6) is -0.0493. The van der Waals surface area contributed by atoms with E-state index in [0.717, 1.165) is 6.42 Å². The van der Waals surface area contributed by atoms with E-state index in [1.165, 1.54) is 0 Å². The maximum absolute atomic E-state index is 11.8. The van der Waals surface area contributed by atoms with Crippen LogP contribution in [0.2, 0.25) is 0 Å². The van der Waals surface area contributed by atoms with Crippen LogP contribution >= 0.6 is 0 Å². The molecule has 0 bridgehead atoms. The van der Waals surface area contributed by atoms with E-state index < -0.39 is 5.60 Å². The van der Waals surface area contributed by atoms with Crippen LogP contribution in [0.25, 0.3) is 0 Å². The van der Waals surface area contributed by atoms with Crippen LogP contribution in [0, 0.1) is 0 Å². The van der Waals surface area contributed by atoms with Crippen molar-refractivity contribution in [2.45, 2.75) is 37.8 Å². The van der Waals surface area contributed by atoms with Crippen molar-refractivity contribution in [3.05, 3.63) is 0 Å². The number of methoxy groups -OCH3 is 1. The Balaban J connectivity index is 2.18. The fraction of sp³-hybridized carbons (Fsp3) is 0.923. The number of nitrogens with one attached hydrogen (secondary N) is 2. The minimum Gasteiger partial charge on any atom is -0.388 e. The molecule has 1 aliphatic rings. The van der Waals surface area contributed by atoms with Crippen LogP contribution in [0.4, 0.5) is 0 Å². The third kappa shape index (κ3) is 6.33. The molecule has 1 aliphatic heterocycles. The molecule has 1 heterocycles. The average Bonchev–Trinajstić information content (AvgIpc) is 2.41. The molecule has 3 N–H and O–H groups in total. The predicted octanol–water partition coefficient (Wildman–Crippen LogP) is -0.341. The van der Waals surface area contributed by atoms with Gasteiger partial charge in [0.05, 0.1) is 11.6 Å². The van der Waals surface area contributed by atoms with Crippen LogP contribution < -0.4 is 10.6 Å². The number of hydrogen-bond acceptors (Lipinski definition) is 5. The van der Waals surface area contributed by atoms with Gasteiger partial charge in [-0.2, -0.15) is 0 Å². The Labute approximate surface area is 114 Å². The van der Waals surface area contributed by atoms with Crippen molar-refractivity contribution >= 4 is 5.91 Å². The molecule has 1 saturated heterocycles. The van der Waals surface area contributed by atoms with Gasteiger partial charge >= 0.3 is 0 Å². The first-order valence-corrected chi connectivity index (χ1v) is 6.87. The van der Waals surface area contributed by atoms with E-state index in [4.69, 9.17) is 9.47 Å². The van der Waals surface area contributed by atoms with Gasteiger partial charge in [-0.1, -0.05) is 0 Å². The first-order chi connectivity index (χ1) is 9.07. The molecule has 6 nitrogen and oxygen atoms in total. The Morgan fingerprint density at radius 1 is 1.47 bits per heavy atom. The first kappa shape index (κ1) is 16.4. The van der Waals surface area contributed by atoms with Crippen LogP contribution in [-0.4, -0.2) is 62.7 Å². The van der Waals surface area contributed by atoms with E-state index in [9.17, 15) is 9.90 Å². The van der Waals surface area contributed by atoms with Gasteiger partial charge in [-0.25, -0.2) is 0 Å². The maximum Gasteiger partial charge on any atom is 0.236 e. The molecule has 1 unspecified atom stereocenters. The molecular formula is C13H26N2O4. The van der Waals surface area contributed by atoms with Gasteiger partial charge in [0.25, 0.3) is 0 Å². The molecule has 1 atom stereocenters. The molecule has 0 aromatic heterocycles. The Hall–Kier alpha value is -0.690. The smallest absolute Gasteiger partial charge is 0.236 e. The van der Waals surface area contributed by atoms with Gasteiger partial charge in [0.1, 0.15) is 0 Å². The highest BCUT2D eigenvalue weighted by molar-refractivity contribution is 5.81. The fourth-order valence-electron chi connectivity index (χ4n) is 1.95. The van der Waals surface area contributed by atoms with Crippen molar-refractivity contribution in [3.8, 4) is 0 Å². The molecule has 0 aromatic carbocycles. The average molecular weight is 274 g/mol. The quantitative estimate of drug-likeness (QED) is 0.528. The van der Waals surface area contributed by atoms with Crippen LogP contribution in [0.15, 0.2) is 0 Å². The molecule has 1 rings (SSSR count). The Kier molecular flexibility index (Phi) is 7.30. The second-order valence-electron chi connectivity index (χ2n) is 5.08. The zero-order valence-electron chi connectivity index (χ0n) is 11.9. The highest BCUT2D eigenvalue weighted by Crippen LogP contribution is 2.19. The van der Waals surface area contributed by atoms with Crippen LogP contribution in [0.1, 0.15) is 26.2 Å². The lowest BCUT2D eigenvalue weighted by Crippen LogP contribution is -2.51. The number of amides is 1. The summed E-state index contributed by atoms with van der Waals surface area (Å²) in [6.07, 6.45) is 2.03. The minimum atomic E-state index is -0.747. The molecule has 112 valence electrons. The largest absolute Gasteiger partial charge is 0.388 e. The Morgan fingerprint density at radius 2 is 2.16 bits per heavy atom. The topological polar surface area (TPSA) is 79.8 Å². The van der Waals surface area contributed by atoms with Gasteiger partial charge in [0, 0.05) is 52.9 Å². The van der Waals surface area contributed by atoms with E-state index in [1.54, 1.807) is 14.0 Å². The number of aliphatic hydroxyl groups is 1. The van der Waals surface area contributed by atoms with Crippen molar-refractivity contribution in [3.63, 3.8) is 0 Å². The minimum absolute atomic E-state index is 0.0493. The molecule has 0 saturated carbocycles. The summed E-state index contributed by atoms with van der Waals surface area (Å²) >= 11 is 0. The summed E-state index contributed by atoms with van der Waals surface area (Å²) in [5, 5.41) is 16.2. The molecule has 1 fully saturated rings. The molecule has 0 aliphatic carbocycles. The summed E-state index contributed by atoms with van der Waals surface area (Å²) in [4.78, 5) is 11.8. The first-order valence-electron chi connectivity index (χ1n) is 6.87. The number of ether oxygens (including phenoxy) is 2. The van der Waals surface area contributed by atoms with E-state index in [0.29, 0.717) is 45.8 Å². The molecule has 0 radical (unpaired) electrons. The van der Waals surface area contributed by atoms with Crippen molar-refractivity contribution < 1.29 is 19.4 Å². The highest BCUT2D eigenvalue weighted by atomic mass is 16.5. The number of carbonyl (C=O) groups is 1.